The Morgan fingerprint density at radius 2 is 2.04 bits per heavy atom. The van der Waals surface area contributed by atoms with E-state index in [2.05, 4.69) is 17.3 Å². The van der Waals surface area contributed by atoms with Crippen LogP contribution in [0.15, 0.2) is 24.3 Å². The van der Waals surface area contributed by atoms with Gasteiger partial charge in [-0.1, -0.05) is 12.1 Å². The van der Waals surface area contributed by atoms with Crippen LogP contribution in [-0.4, -0.2) is 61.4 Å². The standard InChI is InChI=1S/C19H27N3O3/c1-21-9-3-4-16(13-21)20-19(24)15-10-18(23)22(12-15)11-14-5-7-17(25-2)8-6-14/h5-8,15-16H,3-4,9-13H2,1-2H3,(H,20,24)/t15-,16+/m1/s1. The number of hydrogen-bond donors (Lipinski definition) is 1. The van der Waals surface area contributed by atoms with E-state index in [0.29, 0.717) is 19.5 Å². The predicted octanol–water partition coefficient (Wildman–Crippen LogP) is 1.25. The van der Waals surface area contributed by atoms with Crippen molar-refractivity contribution >= 4 is 11.8 Å². The van der Waals surface area contributed by atoms with Crippen LogP contribution in [0.3, 0.4) is 0 Å². The van der Waals surface area contributed by atoms with Crippen LogP contribution in [0, 0.1) is 5.92 Å². The summed E-state index contributed by atoms with van der Waals surface area (Å²) in [7, 11) is 3.71. The fourth-order valence-corrected chi connectivity index (χ4v) is 3.66. The first-order chi connectivity index (χ1) is 12.0. The summed E-state index contributed by atoms with van der Waals surface area (Å²) in [4.78, 5) is 28.8. The maximum absolute atomic E-state index is 12.5. The number of likely N-dealkylation sites (N-methyl/N-ethyl adjacent to an activating group) is 1. The van der Waals surface area contributed by atoms with Gasteiger partial charge in [-0.3, -0.25) is 9.59 Å². The molecule has 2 aliphatic heterocycles. The Bertz CT molecular complexity index is 617. The number of nitrogens with one attached hydrogen (secondary N) is 1. The molecule has 0 aliphatic carbocycles. The Morgan fingerprint density at radius 1 is 1.28 bits per heavy atom. The van der Waals surface area contributed by atoms with E-state index < -0.39 is 0 Å². The average molecular weight is 345 g/mol. The first kappa shape index (κ1) is 17.7. The quantitative estimate of drug-likeness (QED) is 0.873. The van der Waals surface area contributed by atoms with Gasteiger partial charge in [0.05, 0.1) is 13.0 Å². The number of ether oxygens (including phenoxy) is 1. The highest BCUT2D eigenvalue weighted by atomic mass is 16.5. The van der Waals surface area contributed by atoms with Crippen LogP contribution in [0.4, 0.5) is 0 Å². The Morgan fingerprint density at radius 3 is 2.72 bits per heavy atom. The summed E-state index contributed by atoms with van der Waals surface area (Å²) in [6, 6.07) is 7.89. The molecule has 2 heterocycles. The molecule has 0 bridgehead atoms. The third kappa shape index (κ3) is 4.51. The molecule has 0 unspecified atom stereocenters. The average Bonchev–Trinajstić information content (AvgIpc) is 2.96. The maximum Gasteiger partial charge on any atom is 0.225 e. The molecule has 3 rings (SSSR count). The molecule has 1 aromatic carbocycles. The molecule has 0 aromatic heterocycles. The molecule has 0 radical (unpaired) electrons. The van der Waals surface area contributed by atoms with Crippen molar-refractivity contribution in [3.63, 3.8) is 0 Å². The van der Waals surface area contributed by atoms with Crippen molar-refractivity contribution in [2.75, 3.05) is 33.8 Å². The van der Waals surface area contributed by atoms with Gasteiger partial charge in [0.25, 0.3) is 0 Å². The van der Waals surface area contributed by atoms with Gasteiger partial charge < -0.3 is 19.9 Å². The van der Waals surface area contributed by atoms with E-state index in [1.54, 1.807) is 12.0 Å². The van der Waals surface area contributed by atoms with Crippen molar-refractivity contribution in [2.45, 2.75) is 31.8 Å². The molecule has 2 atom stereocenters. The Hall–Kier alpha value is -2.08. The Kier molecular flexibility index (Phi) is 5.58. The second kappa shape index (κ2) is 7.87. The lowest BCUT2D eigenvalue weighted by molar-refractivity contribution is -0.129. The highest BCUT2D eigenvalue weighted by Crippen LogP contribution is 2.22. The Balaban J connectivity index is 1.53. The topological polar surface area (TPSA) is 61.9 Å². The summed E-state index contributed by atoms with van der Waals surface area (Å²) in [5.41, 5.74) is 1.05. The number of likely N-dealkylation sites (tertiary alicyclic amines) is 2. The summed E-state index contributed by atoms with van der Waals surface area (Å²) in [6.45, 7) is 3.02. The summed E-state index contributed by atoms with van der Waals surface area (Å²) >= 11 is 0. The number of nitrogens with zero attached hydrogens (tertiary/aromatic N) is 2. The normalized spacial score (nSPS) is 24.4. The lowest BCUT2D eigenvalue weighted by Gasteiger charge is -2.30. The molecule has 0 spiro atoms. The summed E-state index contributed by atoms with van der Waals surface area (Å²) in [5, 5.41) is 3.14. The molecular formula is C19H27N3O3. The number of amides is 2. The van der Waals surface area contributed by atoms with E-state index in [1.807, 2.05) is 24.3 Å². The minimum absolute atomic E-state index is 0.0193. The van der Waals surface area contributed by atoms with Crippen LogP contribution in [-0.2, 0) is 16.1 Å². The molecule has 6 heteroatoms. The third-order valence-electron chi connectivity index (χ3n) is 5.09. The van der Waals surface area contributed by atoms with Crippen molar-refractivity contribution in [3.8, 4) is 5.75 Å². The zero-order chi connectivity index (χ0) is 17.8. The van der Waals surface area contributed by atoms with Gasteiger partial charge >= 0.3 is 0 Å². The zero-order valence-corrected chi connectivity index (χ0v) is 15.0. The molecule has 1 aromatic rings. The molecule has 2 amide bonds. The van der Waals surface area contributed by atoms with Crippen LogP contribution < -0.4 is 10.1 Å². The number of piperidine rings is 1. The molecule has 0 saturated carbocycles. The number of carbonyl (C=O) groups is 2. The van der Waals surface area contributed by atoms with Crippen LogP contribution in [0.2, 0.25) is 0 Å². The van der Waals surface area contributed by atoms with E-state index in [0.717, 1.165) is 37.2 Å². The van der Waals surface area contributed by atoms with Crippen molar-refractivity contribution in [3.05, 3.63) is 29.8 Å². The smallest absolute Gasteiger partial charge is 0.225 e. The highest BCUT2D eigenvalue weighted by Gasteiger charge is 2.35. The molecule has 6 nitrogen and oxygen atoms in total. The molecule has 1 N–H and O–H groups in total. The third-order valence-corrected chi connectivity index (χ3v) is 5.09. The van der Waals surface area contributed by atoms with Crippen LogP contribution in [0.5, 0.6) is 5.75 Å². The number of rotatable bonds is 5. The Labute approximate surface area is 149 Å². The monoisotopic (exact) mass is 345 g/mol. The second-order valence-corrected chi connectivity index (χ2v) is 7.13. The molecule has 2 aliphatic rings. The van der Waals surface area contributed by atoms with Gasteiger partial charge in [0.2, 0.25) is 11.8 Å². The first-order valence-electron chi connectivity index (χ1n) is 8.95. The fraction of sp³-hybridized carbons (Fsp3) is 0.579. The summed E-state index contributed by atoms with van der Waals surface area (Å²) < 4.78 is 5.15. The van der Waals surface area contributed by atoms with Gasteiger partial charge in [0, 0.05) is 32.1 Å². The van der Waals surface area contributed by atoms with Gasteiger partial charge in [-0.2, -0.15) is 0 Å². The number of benzene rings is 1. The zero-order valence-electron chi connectivity index (χ0n) is 15.0. The maximum atomic E-state index is 12.5. The summed E-state index contributed by atoms with van der Waals surface area (Å²) in [6.07, 6.45) is 2.44. The minimum atomic E-state index is -0.238. The van der Waals surface area contributed by atoms with Crippen molar-refractivity contribution in [2.24, 2.45) is 5.92 Å². The lowest BCUT2D eigenvalue weighted by Crippen LogP contribution is -2.48. The van der Waals surface area contributed by atoms with Gasteiger partial charge in [0.1, 0.15) is 5.75 Å². The number of hydrogen-bond acceptors (Lipinski definition) is 4. The van der Waals surface area contributed by atoms with Crippen molar-refractivity contribution in [1.29, 1.82) is 0 Å². The number of carbonyl (C=O) groups excluding carboxylic acids is 2. The van der Waals surface area contributed by atoms with Crippen molar-refractivity contribution in [1.82, 2.24) is 15.1 Å². The first-order valence-corrected chi connectivity index (χ1v) is 8.95. The lowest BCUT2D eigenvalue weighted by atomic mass is 10.0. The fourth-order valence-electron chi connectivity index (χ4n) is 3.66. The summed E-state index contributed by atoms with van der Waals surface area (Å²) in [5.74, 6) is 0.631. The second-order valence-electron chi connectivity index (χ2n) is 7.13. The van der Waals surface area contributed by atoms with E-state index in [-0.39, 0.29) is 23.8 Å². The number of methoxy groups -OCH3 is 1. The largest absolute Gasteiger partial charge is 0.497 e. The van der Waals surface area contributed by atoms with E-state index >= 15 is 0 Å². The molecule has 136 valence electrons. The van der Waals surface area contributed by atoms with Crippen LogP contribution in [0.25, 0.3) is 0 Å². The van der Waals surface area contributed by atoms with Gasteiger partial charge in [0.15, 0.2) is 0 Å². The highest BCUT2D eigenvalue weighted by molar-refractivity contribution is 5.89. The van der Waals surface area contributed by atoms with E-state index in [4.69, 9.17) is 4.74 Å². The van der Waals surface area contributed by atoms with Crippen LogP contribution >= 0.6 is 0 Å². The molecule has 25 heavy (non-hydrogen) atoms. The van der Waals surface area contributed by atoms with Crippen molar-refractivity contribution < 1.29 is 14.3 Å². The predicted molar refractivity (Wildman–Crippen MR) is 95.2 cm³/mol. The van der Waals surface area contributed by atoms with Gasteiger partial charge in [-0.05, 0) is 44.1 Å². The van der Waals surface area contributed by atoms with E-state index in [9.17, 15) is 9.59 Å². The minimum Gasteiger partial charge on any atom is -0.497 e. The molecule has 2 saturated heterocycles. The van der Waals surface area contributed by atoms with E-state index in [1.165, 1.54) is 0 Å². The van der Waals surface area contributed by atoms with Crippen LogP contribution in [0.1, 0.15) is 24.8 Å². The van der Waals surface area contributed by atoms with Gasteiger partial charge in [-0.25, -0.2) is 0 Å². The molecule has 2 fully saturated rings. The molecular weight excluding hydrogens is 318 g/mol. The van der Waals surface area contributed by atoms with Gasteiger partial charge in [-0.15, -0.1) is 0 Å². The SMILES string of the molecule is COc1ccc(CN2C[C@H](C(=O)N[C@H]3CCCN(C)C3)CC2=O)cc1.